The molecule has 0 spiro atoms. The summed E-state index contributed by atoms with van der Waals surface area (Å²) in [6, 6.07) is 1.14. The second-order valence-corrected chi connectivity index (χ2v) is 4.01. The first-order valence-corrected chi connectivity index (χ1v) is 4.79. The zero-order valence-corrected chi connectivity index (χ0v) is 9.40. The Bertz CT molecular complexity index is 376. The van der Waals surface area contributed by atoms with E-state index in [1.807, 2.05) is 0 Å². The summed E-state index contributed by atoms with van der Waals surface area (Å²) in [4.78, 5) is 0.898. The summed E-state index contributed by atoms with van der Waals surface area (Å²) < 4.78 is 51.5. The molecule has 0 radical (unpaired) electrons. The standard InChI is InChI=1S/C10H10ClF4N/c1-16(2)9(10(13,14)15)7-5-6(11)3-4-8(7)12/h3-5,9H,1-2H3. The third-order valence-electron chi connectivity index (χ3n) is 2.08. The van der Waals surface area contributed by atoms with E-state index in [9.17, 15) is 17.6 Å². The van der Waals surface area contributed by atoms with Crippen LogP contribution in [0.2, 0.25) is 5.02 Å². The zero-order chi connectivity index (χ0) is 12.5. The lowest BCUT2D eigenvalue weighted by atomic mass is 10.1. The molecule has 1 atom stereocenters. The maximum Gasteiger partial charge on any atom is 0.408 e. The molecule has 1 nitrogen and oxygen atoms in total. The van der Waals surface area contributed by atoms with E-state index in [-0.39, 0.29) is 5.02 Å². The van der Waals surface area contributed by atoms with Gasteiger partial charge in [-0.05, 0) is 32.3 Å². The van der Waals surface area contributed by atoms with Gasteiger partial charge in [-0.3, -0.25) is 4.90 Å². The SMILES string of the molecule is CN(C)C(c1cc(Cl)ccc1F)C(F)(F)F. The highest BCUT2D eigenvalue weighted by Gasteiger charge is 2.43. The zero-order valence-electron chi connectivity index (χ0n) is 8.65. The fourth-order valence-electron chi connectivity index (χ4n) is 1.47. The van der Waals surface area contributed by atoms with Gasteiger partial charge in [-0.1, -0.05) is 11.6 Å². The summed E-state index contributed by atoms with van der Waals surface area (Å²) >= 11 is 5.56. The third kappa shape index (κ3) is 2.86. The summed E-state index contributed by atoms with van der Waals surface area (Å²) in [5, 5.41) is 0.0764. The Kier molecular flexibility index (Phi) is 3.80. The largest absolute Gasteiger partial charge is 0.408 e. The number of halogens is 5. The van der Waals surface area contributed by atoms with Crippen molar-refractivity contribution in [1.29, 1.82) is 0 Å². The Hall–Kier alpha value is -0.810. The lowest BCUT2D eigenvalue weighted by Crippen LogP contribution is -2.34. The summed E-state index contributed by atoms with van der Waals surface area (Å²) in [6.07, 6.45) is -4.55. The molecule has 0 saturated carbocycles. The molecule has 1 rings (SSSR count). The predicted molar refractivity (Wildman–Crippen MR) is 53.9 cm³/mol. The van der Waals surface area contributed by atoms with Gasteiger partial charge in [0, 0.05) is 10.6 Å². The number of benzene rings is 1. The van der Waals surface area contributed by atoms with Gasteiger partial charge >= 0.3 is 6.18 Å². The van der Waals surface area contributed by atoms with Crippen molar-refractivity contribution in [2.75, 3.05) is 14.1 Å². The minimum Gasteiger partial charge on any atom is -0.295 e. The van der Waals surface area contributed by atoms with Crippen molar-refractivity contribution in [3.8, 4) is 0 Å². The van der Waals surface area contributed by atoms with Crippen molar-refractivity contribution in [3.63, 3.8) is 0 Å². The van der Waals surface area contributed by atoms with E-state index in [0.29, 0.717) is 0 Å². The normalized spacial score (nSPS) is 14.2. The van der Waals surface area contributed by atoms with Gasteiger partial charge in [0.05, 0.1) is 0 Å². The van der Waals surface area contributed by atoms with Crippen LogP contribution in [0.3, 0.4) is 0 Å². The topological polar surface area (TPSA) is 3.24 Å². The van der Waals surface area contributed by atoms with Crippen LogP contribution in [0.1, 0.15) is 11.6 Å². The van der Waals surface area contributed by atoms with Gasteiger partial charge < -0.3 is 0 Å². The lowest BCUT2D eigenvalue weighted by molar-refractivity contribution is -0.180. The highest BCUT2D eigenvalue weighted by Crippen LogP contribution is 2.38. The minimum absolute atomic E-state index is 0.0764. The van der Waals surface area contributed by atoms with Crippen molar-refractivity contribution in [1.82, 2.24) is 4.90 Å². The molecule has 0 aromatic heterocycles. The van der Waals surface area contributed by atoms with Crippen LogP contribution in [0.15, 0.2) is 18.2 Å². The van der Waals surface area contributed by atoms with Crippen LogP contribution in [-0.4, -0.2) is 25.2 Å². The molecule has 0 aliphatic rings. The molecular formula is C10H10ClF4N. The Morgan fingerprint density at radius 2 is 1.81 bits per heavy atom. The lowest BCUT2D eigenvalue weighted by Gasteiger charge is -2.27. The third-order valence-corrected chi connectivity index (χ3v) is 2.31. The van der Waals surface area contributed by atoms with Crippen molar-refractivity contribution in [2.45, 2.75) is 12.2 Å². The van der Waals surface area contributed by atoms with Gasteiger partial charge in [0.15, 0.2) is 0 Å². The summed E-state index contributed by atoms with van der Waals surface area (Å²) in [5.74, 6) is -0.916. The Labute approximate surface area is 95.6 Å². The molecule has 0 N–H and O–H groups in total. The summed E-state index contributed by atoms with van der Waals surface area (Å²) in [5.41, 5.74) is -0.468. The van der Waals surface area contributed by atoms with E-state index >= 15 is 0 Å². The fourth-order valence-corrected chi connectivity index (χ4v) is 1.65. The molecule has 0 aliphatic heterocycles. The smallest absolute Gasteiger partial charge is 0.295 e. The van der Waals surface area contributed by atoms with Crippen molar-refractivity contribution in [3.05, 3.63) is 34.6 Å². The molecule has 1 aromatic carbocycles. The van der Waals surface area contributed by atoms with Gasteiger partial charge in [0.1, 0.15) is 11.9 Å². The molecule has 0 amide bonds. The van der Waals surface area contributed by atoms with Gasteiger partial charge in [-0.25, -0.2) is 4.39 Å². The van der Waals surface area contributed by atoms with E-state index in [2.05, 4.69) is 0 Å². The first-order valence-electron chi connectivity index (χ1n) is 4.41. The Morgan fingerprint density at radius 1 is 1.25 bits per heavy atom. The van der Waals surface area contributed by atoms with E-state index < -0.39 is 23.6 Å². The first kappa shape index (κ1) is 13.3. The maximum absolute atomic E-state index is 13.3. The van der Waals surface area contributed by atoms with Crippen molar-refractivity contribution in [2.24, 2.45) is 0 Å². The van der Waals surface area contributed by atoms with E-state index in [1.54, 1.807) is 0 Å². The summed E-state index contributed by atoms with van der Waals surface area (Å²) in [7, 11) is 2.47. The number of hydrogen-bond donors (Lipinski definition) is 0. The number of rotatable bonds is 2. The first-order chi connectivity index (χ1) is 7.23. The van der Waals surface area contributed by atoms with Crippen LogP contribution in [0, 0.1) is 5.82 Å². The van der Waals surface area contributed by atoms with Crippen LogP contribution in [0.5, 0.6) is 0 Å². The molecule has 0 aliphatic carbocycles. The summed E-state index contributed by atoms with van der Waals surface area (Å²) in [6.45, 7) is 0. The van der Waals surface area contributed by atoms with Crippen molar-refractivity contribution < 1.29 is 17.6 Å². The molecule has 0 heterocycles. The predicted octanol–water partition coefficient (Wildman–Crippen LogP) is 3.64. The molecule has 90 valence electrons. The fraction of sp³-hybridized carbons (Fsp3) is 0.400. The maximum atomic E-state index is 13.3. The van der Waals surface area contributed by atoms with Gasteiger partial charge in [0.25, 0.3) is 0 Å². The minimum atomic E-state index is -4.55. The molecule has 0 bridgehead atoms. The Balaban J connectivity index is 3.26. The molecule has 0 fully saturated rings. The molecule has 16 heavy (non-hydrogen) atoms. The number of hydrogen-bond acceptors (Lipinski definition) is 1. The van der Waals surface area contributed by atoms with Crippen LogP contribution in [0.25, 0.3) is 0 Å². The van der Waals surface area contributed by atoms with E-state index in [0.717, 1.165) is 17.0 Å². The monoisotopic (exact) mass is 255 g/mol. The average molecular weight is 256 g/mol. The second kappa shape index (κ2) is 4.59. The average Bonchev–Trinajstić information content (AvgIpc) is 2.08. The highest BCUT2D eigenvalue weighted by atomic mass is 35.5. The van der Waals surface area contributed by atoms with Gasteiger partial charge in [-0.15, -0.1) is 0 Å². The number of nitrogens with zero attached hydrogens (tertiary/aromatic N) is 1. The molecular weight excluding hydrogens is 246 g/mol. The highest BCUT2D eigenvalue weighted by molar-refractivity contribution is 6.30. The van der Waals surface area contributed by atoms with E-state index in [1.165, 1.54) is 20.2 Å². The second-order valence-electron chi connectivity index (χ2n) is 3.57. The van der Waals surface area contributed by atoms with Crippen LogP contribution in [-0.2, 0) is 0 Å². The van der Waals surface area contributed by atoms with Crippen LogP contribution in [0.4, 0.5) is 17.6 Å². The quantitative estimate of drug-likeness (QED) is 0.729. The van der Waals surface area contributed by atoms with Crippen LogP contribution >= 0.6 is 11.6 Å². The Morgan fingerprint density at radius 3 is 2.25 bits per heavy atom. The van der Waals surface area contributed by atoms with E-state index in [4.69, 9.17) is 11.6 Å². The number of alkyl halides is 3. The molecule has 1 unspecified atom stereocenters. The van der Waals surface area contributed by atoms with Gasteiger partial charge in [-0.2, -0.15) is 13.2 Å². The van der Waals surface area contributed by atoms with Crippen LogP contribution < -0.4 is 0 Å². The van der Waals surface area contributed by atoms with Gasteiger partial charge in [0.2, 0.25) is 0 Å². The molecule has 6 heteroatoms. The molecule has 0 saturated heterocycles. The molecule has 1 aromatic rings. The van der Waals surface area contributed by atoms with Crippen molar-refractivity contribution >= 4 is 11.6 Å².